The molecule has 0 unspecified atom stereocenters. The van der Waals surface area contributed by atoms with Crippen LogP contribution in [0, 0.1) is 0 Å². The maximum absolute atomic E-state index is 12.4. The molecule has 0 saturated carbocycles. The average Bonchev–Trinajstić information content (AvgIpc) is 3.15. The molecule has 2 N–H and O–H groups in total. The largest absolute Gasteiger partial charge is 0.368 e. The zero-order valence-corrected chi connectivity index (χ0v) is 16.1. The van der Waals surface area contributed by atoms with Crippen LogP contribution >= 0.6 is 11.6 Å². The van der Waals surface area contributed by atoms with Gasteiger partial charge < -0.3 is 15.1 Å². The Kier molecular flexibility index (Phi) is 6.34. The Hall–Kier alpha value is -2.54. The number of aromatic nitrogens is 2. The first-order valence-electron chi connectivity index (χ1n) is 9.17. The molecule has 2 heterocycles. The molecule has 7 nitrogen and oxygen atoms in total. The molecule has 1 aromatic carbocycles. The van der Waals surface area contributed by atoms with E-state index in [1.807, 2.05) is 24.3 Å². The van der Waals surface area contributed by atoms with Gasteiger partial charge in [-0.15, -0.1) is 0 Å². The number of amides is 2. The van der Waals surface area contributed by atoms with Crippen molar-refractivity contribution in [1.82, 2.24) is 20.4 Å². The summed E-state index contributed by atoms with van der Waals surface area (Å²) in [6.07, 6.45) is 1.82. The van der Waals surface area contributed by atoms with E-state index in [1.54, 1.807) is 11.0 Å². The van der Waals surface area contributed by atoms with E-state index in [-0.39, 0.29) is 18.4 Å². The number of benzene rings is 1. The molecule has 27 heavy (non-hydrogen) atoms. The summed E-state index contributed by atoms with van der Waals surface area (Å²) in [7, 11) is 0. The van der Waals surface area contributed by atoms with Crippen molar-refractivity contribution >= 4 is 29.1 Å². The van der Waals surface area contributed by atoms with Gasteiger partial charge >= 0.3 is 0 Å². The van der Waals surface area contributed by atoms with E-state index >= 15 is 0 Å². The summed E-state index contributed by atoms with van der Waals surface area (Å²) in [5, 5.41) is 10.2. The molecular weight excluding hydrogens is 366 g/mol. The number of rotatable bonds is 6. The number of aryl methyl sites for hydroxylation is 1. The molecule has 0 bridgehead atoms. The zero-order valence-electron chi connectivity index (χ0n) is 15.4. The molecule has 0 radical (unpaired) electrons. The fourth-order valence-electron chi connectivity index (χ4n) is 3.12. The van der Waals surface area contributed by atoms with Crippen molar-refractivity contribution in [2.24, 2.45) is 0 Å². The monoisotopic (exact) mass is 389 g/mol. The first kappa shape index (κ1) is 19.2. The number of carbonyl (C=O) groups is 2. The summed E-state index contributed by atoms with van der Waals surface area (Å²) < 4.78 is 0. The third-order valence-corrected chi connectivity index (χ3v) is 4.82. The van der Waals surface area contributed by atoms with E-state index in [4.69, 9.17) is 11.6 Å². The first-order chi connectivity index (χ1) is 13.1. The third kappa shape index (κ3) is 5.01. The minimum absolute atomic E-state index is 0.0219. The standard InChI is InChI=1S/C19H24ClN5O2/c1-2-4-15-12-17(23-22-15)19(27)21-13-18(26)25-9-7-24(8-10-25)16-6-3-5-14(20)11-16/h3,5-6,11-12H,2,4,7-10,13H2,1H3,(H,21,27)(H,22,23). The lowest BCUT2D eigenvalue weighted by atomic mass is 10.2. The molecule has 1 fully saturated rings. The van der Waals surface area contributed by atoms with Crippen molar-refractivity contribution in [2.75, 3.05) is 37.6 Å². The van der Waals surface area contributed by atoms with Gasteiger partial charge in [-0.2, -0.15) is 5.10 Å². The highest BCUT2D eigenvalue weighted by Crippen LogP contribution is 2.20. The summed E-state index contributed by atoms with van der Waals surface area (Å²) in [5.41, 5.74) is 2.30. The van der Waals surface area contributed by atoms with Gasteiger partial charge in [0.05, 0.1) is 6.54 Å². The van der Waals surface area contributed by atoms with Gasteiger partial charge in [-0.25, -0.2) is 0 Å². The van der Waals surface area contributed by atoms with Crippen molar-refractivity contribution < 1.29 is 9.59 Å². The smallest absolute Gasteiger partial charge is 0.272 e. The van der Waals surface area contributed by atoms with E-state index in [0.29, 0.717) is 23.8 Å². The molecule has 1 aliphatic rings. The fraction of sp³-hybridized carbons (Fsp3) is 0.421. The lowest BCUT2D eigenvalue weighted by Gasteiger charge is -2.36. The lowest BCUT2D eigenvalue weighted by molar-refractivity contribution is -0.130. The Morgan fingerprint density at radius 2 is 2.00 bits per heavy atom. The fourth-order valence-corrected chi connectivity index (χ4v) is 3.30. The molecule has 0 spiro atoms. The van der Waals surface area contributed by atoms with Crippen LogP contribution in [0.1, 0.15) is 29.5 Å². The second kappa shape index (κ2) is 8.90. The summed E-state index contributed by atoms with van der Waals surface area (Å²) in [4.78, 5) is 28.5. The third-order valence-electron chi connectivity index (χ3n) is 4.59. The molecule has 2 aromatic rings. The predicted molar refractivity (Wildman–Crippen MR) is 105 cm³/mol. The van der Waals surface area contributed by atoms with Crippen LogP contribution in [-0.4, -0.2) is 59.6 Å². The van der Waals surface area contributed by atoms with Gasteiger partial charge in [-0.3, -0.25) is 14.7 Å². The summed E-state index contributed by atoms with van der Waals surface area (Å²) >= 11 is 6.04. The molecule has 0 atom stereocenters. The number of carbonyl (C=O) groups excluding carboxylic acids is 2. The lowest BCUT2D eigenvalue weighted by Crippen LogP contribution is -2.51. The van der Waals surface area contributed by atoms with E-state index in [2.05, 4.69) is 27.3 Å². The first-order valence-corrected chi connectivity index (χ1v) is 9.55. The molecule has 8 heteroatoms. The highest BCUT2D eigenvalue weighted by molar-refractivity contribution is 6.30. The van der Waals surface area contributed by atoms with Gasteiger partial charge in [0.2, 0.25) is 5.91 Å². The summed E-state index contributed by atoms with van der Waals surface area (Å²) in [5.74, 6) is -0.419. The van der Waals surface area contributed by atoms with Gasteiger partial charge in [-0.05, 0) is 30.7 Å². The second-order valence-electron chi connectivity index (χ2n) is 6.56. The molecule has 1 saturated heterocycles. The molecule has 3 rings (SSSR count). The molecule has 144 valence electrons. The Bertz CT molecular complexity index is 799. The number of nitrogens with one attached hydrogen (secondary N) is 2. The highest BCUT2D eigenvalue weighted by atomic mass is 35.5. The molecule has 1 aromatic heterocycles. The van der Waals surface area contributed by atoms with Crippen molar-refractivity contribution in [3.8, 4) is 0 Å². The molecular formula is C19H24ClN5O2. The predicted octanol–water partition coefficient (Wildman–Crippen LogP) is 2.09. The number of halogens is 1. The van der Waals surface area contributed by atoms with Gasteiger partial charge in [0, 0.05) is 42.6 Å². The van der Waals surface area contributed by atoms with E-state index in [1.165, 1.54) is 0 Å². The number of hydrogen-bond donors (Lipinski definition) is 2. The minimum atomic E-state index is -0.334. The minimum Gasteiger partial charge on any atom is -0.368 e. The van der Waals surface area contributed by atoms with Crippen LogP contribution in [0.25, 0.3) is 0 Å². The van der Waals surface area contributed by atoms with Crippen LogP contribution in [0.2, 0.25) is 5.02 Å². The number of hydrogen-bond acceptors (Lipinski definition) is 4. The zero-order chi connectivity index (χ0) is 19.2. The molecule has 0 aliphatic carbocycles. The van der Waals surface area contributed by atoms with Crippen molar-refractivity contribution in [2.45, 2.75) is 19.8 Å². The number of aromatic amines is 1. The van der Waals surface area contributed by atoms with Gasteiger partial charge in [0.25, 0.3) is 5.91 Å². The van der Waals surface area contributed by atoms with E-state index < -0.39 is 0 Å². The van der Waals surface area contributed by atoms with E-state index in [9.17, 15) is 9.59 Å². The highest BCUT2D eigenvalue weighted by Gasteiger charge is 2.22. The Balaban J connectivity index is 1.46. The molecule has 2 amide bonds. The van der Waals surface area contributed by atoms with Crippen LogP contribution in [0.15, 0.2) is 30.3 Å². The quantitative estimate of drug-likeness (QED) is 0.792. The second-order valence-corrected chi connectivity index (χ2v) is 7.00. The Morgan fingerprint density at radius 3 is 2.70 bits per heavy atom. The van der Waals surface area contributed by atoms with Crippen molar-refractivity contribution in [1.29, 1.82) is 0 Å². The summed E-state index contributed by atoms with van der Waals surface area (Å²) in [6, 6.07) is 9.44. The number of H-pyrrole nitrogens is 1. The van der Waals surface area contributed by atoms with Crippen molar-refractivity contribution in [3.05, 3.63) is 46.7 Å². The molecule has 1 aliphatic heterocycles. The number of piperazine rings is 1. The van der Waals surface area contributed by atoms with Gasteiger partial charge in [-0.1, -0.05) is 31.0 Å². The number of anilines is 1. The van der Waals surface area contributed by atoms with Crippen LogP contribution in [0.4, 0.5) is 5.69 Å². The van der Waals surface area contributed by atoms with Crippen LogP contribution in [0.3, 0.4) is 0 Å². The van der Waals surface area contributed by atoms with Crippen LogP contribution < -0.4 is 10.2 Å². The Morgan fingerprint density at radius 1 is 1.22 bits per heavy atom. The average molecular weight is 390 g/mol. The topological polar surface area (TPSA) is 81.3 Å². The van der Waals surface area contributed by atoms with E-state index in [0.717, 1.165) is 37.3 Å². The van der Waals surface area contributed by atoms with Gasteiger partial charge in [0.1, 0.15) is 5.69 Å². The number of nitrogens with zero attached hydrogens (tertiary/aromatic N) is 3. The maximum atomic E-state index is 12.4. The maximum Gasteiger partial charge on any atom is 0.272 e. The van der Waals surface area contributed by atoms with Crippen LogP contribution in [-0.2, 0) is 11.2 Å². The Labute approximate surface area is 163 Å². The van der Waals surface area contributed by atoms with Gasteiger partial charge in [0.15, 0.2) is 0 Å². The normalized spacial score (nSPS) is 14.3. The van der Waals surface area contributed by atoms with Crippen LogP contribution in [0.5, 0.6) is 0 Å². The summed E-state index contributed by atoms with van der Waals surface area (Å²) in [6.45, 7) is 4.74. The van der Waals surface area contributed by atoms with Crippen molar-refractivity contribution in [3.63, 3.8) is 0 Å². The SMILES string of the molecule is CCCc1cc(C(=O)NCC(=O)N2CCN(c3cccc(Cl)c3)CC2)n[nH]1.